The van der Waals surface area contributed by atoms with Crippen molar-refractivity contribution in [3.05, 3.63) is 60.7 Å². The summed E-state index contributed by atoms with van der Waals surface area (Å²) in [6, 6.07) is 12.8. The molecule has 4 rings (SSSR count). The van der Waals surface area contributed by atoms with E-state index < -0.39 is 12.6 Å². The number of aliphatic carboxylic acids is 1. The molecule has 4 aromatic rings. The third-order valence-corrected chi connectivity index (χ3v) is 4.06. The number of rotatable bonds is 6. The fourth-order valence-corrected chi connectivity index (χ4v) is 2.90. The molecule has 2 aromatic carbocycles. The second-order valence-corrected chi connectivity index (χ2v) is 5.84. The van der Waals surface area contributed by atoms with Crippen LogP contribution in [0.15, 0.2) is 54.9 Å². The summed E-state index contributed by atoms with van der Waals surface area (Å²) >= 11 is 0. The van der Waals surface area contributed by atoms with Crippen LogP contribution >= 0.6 is 0 Å². The van der Waals surface area contributed by atoms with Gasteiger partial charge < -0.3 is 19.9 Å². The predicted octanol–water partition coefficient (Wildman–Crippen LogP) is 2.37. The van der Waals surface area contributed by atoms with Gasteiger partial charge in [0.15, 0.2) is 6.61 Å². The quantitative estimate of drug-likeness (QED) is 0.484. The third-order valence-electron chi connectivity index (χ3n) is 4.06. The summed E-state index contributed by atoms with van der Waals surface area (Å²) < 4.78 is 7.28. The standard InChI is InChI=1S/C19H16N4O4/c24-10-17-21-14-6-5-12(9-15(14)22-17)23-8-7-20-19(23)13-3-1-2-4-16(13)27-11-18(25)26/h1-9,24H,10-11H2,(H,21,22)(H,25,26). The molecule has 0 atom stereocenters. The minimum Gasteiger partial charge on any atom is -0.481 e. The van der Waals surface area contributed by atoms with Crippen molar-refractivity contribution in [2.45, 2.75) is 6.61 Å². The Labute approximate surface area is 153 Å². The number of hydrogen-bond donors (Lipinski definition) is 3. The largest absolute Gasteiger partial charge is 0.481 e. The summed E-state index contributed by atoms with van der Waals surface area (Å²) in [7, 11) is 0. The summed E-state index contributed by atoms with van der Waals surface area (Å²) in [6.45, 7) is -0.587. The highest BCUT2D eigenvalue weighted by atomic mass is 16.5. The van der Waals surface area contributed by atoms with Crippen LogP contribution in [0.3, 0.4) is 0 Å². The predicted molar refractivity (Wildman–Crippen MR) is 97.7 cm³/mol. The number of imidazole rings is 2. The second kappa shape index (κ2) is 6.93. The molecule has 0 radical (unpaired) electrons. The monoisotopic (exact) mass is 364 g/mol. The van der Waals surface area contributed by atoms with Gasteiger partial charge in [-0.25, -0.2) is 14.8 Å². The van der Waals surface area contributed by atoms with E-state index in [4.69, 9.17) is 9.84 Å². The smallest absolute Gasteiger partial charge is 0.341 e. The van der Waals surface area contributed by atoms with Crippen molar-refractivity contribution in [2.24, 2.45) is 0 Å². The Balaban J connectivity index is 1.77. The molecule has 27 heavy (non-hydrogen) atoms. The van der Waals surface area contributed by atoms with E-state index >= 15 is 0 Å². The first-order valence-corrected chi connectivity index (χ1v) is 8.23. The Morgan fingerprint density at radius 3 is 2.89 bits per heavy atom. The molecule has 0 aliphatic carbocycles. The molecular weight excluding hydrogens is 348 g/mol. The van der Waals surface area contributed by atoms with Crippen molar-refractivity contribution >= 4 is 17.0 Å². The number of ether oxygens (including phenoxy) is 1. The summed E-state index contributed by atoms with van der Waals surface area (Å²) in [5.41, 5.74) is 3.09. The summed E-state index contributed by atoms with van der Waals surface area (Å²) in [6.07, 6.45) is 3.48. The van der Waals surface area contributed by atoms with Crippen molar-refractivity contribution in [3.8, 4) is 22.8 Å². The summed E-state index contributed by atoms with van der Waals surface area (Å²) in [5.74, 6) is 0.521. The number of nitrogens with one attached hydrogen (secondary N) is 1. The van der Waals surface area contributed by atoms with Crippen LogP contribution in [0.2, 0.25) is 0 Å². The van der Waals surface area contributed by atoms with E-state index in [0.29, 0.717) is 23.0 Å². The Hall–Kier alpha value is -3.65. The molecule has 2 heterocycles. The zero-order valence-electron chi connectivity index (χ0n) is 14.2. The number of carbonyl (C=O) groups is 1. The van der Waals surface area contributed by atoms with Crippen molar-refractivity contribution in [1.82, 2.24) is 19.5 Å². The van der Waals surface area contributed by atoms with E-state index in [1.54, 1.807) is 18.3 Å². The number of benzene rings is 2. The number of aromatic amines is 1. The first kappa shape index (κ1) is 16.8. The molecule has 0 saturated heterocycles. The highest BCUT2D eigenvalue weighted by Crippen LogP contribution is 2.30. The van der Waals surface area contributed by atoms with Crippen molar-refractivity contribution in [2.75, 3.05) is 6.61 Å². The molecule has 0 saturated carbocycles. The highest BCUT2D eigenvalue weighted by Gasteiger charge is 2.14. The molecule has 0 aliphatic heterocycles. The summed E-state index contributed by atoms with van der Waals surface area (Å²) in [5, 5.41) is 18.1. The Morgan fingerprint density at radius 1 is 1.22 bits per heavy atom. The van der Waals surface area contributed by atoms with Gasteiger partial charge in [0, 0.05) is 18.1 Å². The molecule has 0 spiro atoms. The number of H-pyrrole nitrogens is 1. The minimum absolute atomic E-state index is 0.158. The fourth-order valence-electron chi connectivity index (χ4n) is 2.90. The van der Waals surface area contributed by atoms with Gasteiger partial charge in [-0.05, 0) is 30.3 Å². The molecule has 0 amide bonds. The van der Waals surface area contributed by atoms with Crippen molar-refractivity contribution in [3.63, 3.8) is 0 Å². The average molecular weight is 364 g/mol. The Kier molecular flexibility index (Phi) is 4.31. The van der Waals surface area contributed by atoms with Gasteiger partial charge in [0.2, 0.25) is 0 Å². The number of fused-ring (bicyclic) bond motifs is 1. The SMILES string of the molecule is O=C(O)COc1ccccc1-c1nccn1-c1ccc2nc(CO)[nH]c2c1. The highest BCUT2D eigenvalue weighted by molar-refractivity contribution is 5.78. The fraction of sp³-hybridized carbons (Fsp3) is 0.105. The van der Waals surface area contributed by atoms with Crippen LogP contribution < -0.4 is 4.74 Å². The van der Waals surface area contributed by atoms with Gasteiger partial charge in [0.25, 0.3) is 0 Å². The van der Waals surface area contributed by atoms with E-state index in [1.165, 1.54) is 0 Å². The molecule has 8 heteroatoms. The number of aliphatic hydroxyl groups excluding tert-OH is 1. The Morgan fingerprint density at radius 2 is 2.07 bits per heavy atom. The van der Waals surface area contributed by atoms with Gasteiger partial charge in [-0.3, -0.25) is 4.57 Å². The lowest BCUT2D eigenvalue weighted by Gasteiger charge is -2.12. The molecule has 0 aliphatic rings. The van der Waals surface area contributed by atoms with Gasteiger partial charge in [-0.15, -0.1) is 0 Å². The van der Waals surface area contributed by atoms with Crippen LogP contribution in [-0.4, -0.2) is 42.3 Å². The van der Waals surface area contributed by atoms with Crippen LogP contribution in [0, 0.1) is 0 Å². The number of aliphatic hydroxyl groups is 1. The zero-order valence-corrected chi connectivity index (χ0v) is 14.2. The van der Waals surface area contributed by atoms with Crippen LogP contribution in [0.25, 0.3) is 28.1 Å². The number of aromatic nitrogens is 4. The molecule has 8 nitrogen and oxygen atoms in total. The van der Waals surface area contributed by atoms with E-state index in [1.807, 2.05) is 41.1 Å². The van der Waals surface area contributed by atoms with E-state index in [0.717, 1.165) is 16.7 Å². The number of carboxylic acid groups (broad SMARTS) is 1. The van der Waals surface area contributed by atoms with Crippen molar-refractivity contribution < 1.29 is 19.7 Å². The van der Waals surface area contributed by atoms with Crippen molar-refractivity contribution in [1.29, 1.82) is 0 Å². The maximum atomic E-state index is 10.8. The van der Waals surface area contributed by atoms with Gasteiger partial charge >= 0.3 is 5.97 Å². The van der Waals surface area contributed by atoms with Gasteiger partial charge in [-0.2, -0.15) is 0 Å². The number of para-hydroxylation sites is 1. The van der Waals surface area contributed by atoms with Crippen LogP contribution in [0.1, 0.15) is 5.82 Å². The van der Waals surface area contributed by atoms with E-state index in [2.05, 4.69) is 15.0 Å². The number of nitrogens with zero attached hydrogens (tertiary/aromatic N) is 3. The topological polar surface area (TPSA) is 113 Å². The van der Waals surface area contributed by atoms with Crippen LogP contribution in [0.4, 0.5) is 0 Å². The normalized spacial score (nSPS) is 11.0. The lowest BCUT2D eigenvalue weighted by atomic mass is 10.2. The molecular formula is C19H16N4O4. The van der Waals surface area contributed by atoms with Crippen LogP contribution in [0.5, 0.6) is 5.75 Å². The van der Waals surface area contributed by atoms with E-state index in [9.17, 15) is 9.90 Å². The molecule has 0 unspecified atom stereocenters. The number of hydrogen-bond acceptors (Lipinski definition) is 5. The second-order valence-electron chi connectivity index (χ2n) is 5.84. The average Bonchev–Trinajstić information content (AvgIpc) is 3.32. The molecule has 0 bridgehead atoms. The molecule has 0 fully saturated rings. The maximum Gasteiger partial charge on any atom is 0.341 e. The lowest BCUT2D eigenvalue weighted by molar-refractivity contribution is -0.139. The van der Waals surface area contributed by atoms with E-state index in [-0.39, 0.29) is 6.61 Å². The van der Waals surface area contributed by atoms with Gasteiger partial charge in [-0.1, -0.05) is 12.1 Å². The molecule has 3 N–H and O–H groups in total. The third kappa shape index (κ3) is 3.25. The molecule has 2 aromatic heterocycles. The van der Waals surface area contributed by atoms with Crippen LogP contribution in [-0.2, 0) is 11.4 Å². The van der Waals surface area contributed by atoms with Gasteiger partial charge in [0.1, 0.15) is 24.0 Å². The lowest BCUT2D eigenvalue weighted by Crippen LogP contribution is -2.10. The minimum atomic E-state index is -1.04. The summed E-state index contributed by atoms with van der Waals surface area (Å²) in [4.78, 5) is 22.6. The first-order chi connectivity index (χ1) is 13.2. The number of carboxylic acids is 1. The zero-order chi connectivity index (χ0) is 18.8. The van der Waals surface area contributed by atoms with Gasteiger partial charge in [0.05, 0.1) is 16.6 Å². The molecule has 136 valence electrons. The first-order valence-electron chi connectivity index (χ1n) is 8.23. The maximum absolute atomic E-state index is 10.8. The Bertz CT molecular complexity index is 1120.